The first-order chi connectivity index (χ1) is 9.51. The van der Waals surface area contributed by atoms with E-state index in [0.717, 1.165) is 0 Å². The number of hydrogen-bond donors (Lipinski definition) is 2. The lowest BCUT2D eigenvalue weighted by molar-refractivity contribution is 0.102. The van der Waals surface area contributed by atoms with Crippen molar-refractivity contribution < 1.29 is 14.6 Å². The topological polar surface area (TPSA) is 58.6 Å². The van der Waals surface area contributed by atoms with Gasteiger partial charge in [0.2, 0.25) is 0 Å². The van der Waals surface area contributed by atoms with Gasteiger partial charge in [0, 0.05) is 17.3 Å². The number of carbonyl (C=O) groups is 1. The summed E-state index contributed by atoms with van der Waals surface area (Å²) in [5.41, 5.74) is 1.70. The van der Waals surface area contributed by atoms with Gasteiger partial charge in [-0.25, -0.2) is 0 Å². The number of amides is 1. The SMILES string of the molecule is COc1cc(NC(=O)c2ccc(O)c(C)c2)ccc1Cl. The van der Waals surface area contributed by atoms with Crippen molar-refractivity contribution in [3.8, 4) is 11.5 Å². The van der Waals surface area contributed by atoms with E-state index in [1.807, 2.05) is 0 Å². The summed E-state index contributed by atoms with van der Waals surface area (Å²) in [5, 5.41) is 12.7. The molecular weight excluding hydrogens is 278 g/mol. The summed E-state index contributed by atoms with van der Waals surface area (Å²) in [5.74, 6) is 0.388. The highest BCUT2D eigenvalue weighted by Crippen LogP contribution is 2.27. The average Bonchev–Trinajstić information content (AvgIpc) is 2.43. The number of methoxy groups -OCH3 is 1. The number of phenols is 1. The molecule has 5 heteroatoms. The van der Waals surface area contributed by atoms with E-state index >= 15 is 0 Å². The molecule has 0 spiro atoms. The maximum Gasteiger partial charge on any atom is 0.255 e. The third-order valence-corrected chi connectivity index (χ3v) is 3.18. The van der Waals surface area contributed by atoms with Gasteiger partial charge in [-0.3, -0.25) is 4.79 Å². The molecule has 0 aliphatic rings. The number of rotatable bonds is 3. The van der Waals surface area contributed by atoms with Gasteiger partial charge in [-0.2, -0.15) is 0 Å². The zero-order valence-electron chi connectivity index (χ0n) is 11.1. The Kier molecular flexibility index (Phi) is 4.15. The number of aromatic hydroxyl groups is 1. The molecule has 0 unspecified atom stereocenters. The van der Waals surface area contributed by atoms with E-state index in [1.165, 1.54) is 13.2 Å². The molecule has 0 saturated heterocycles. The number of aryl methyl sites for hydroxylation is 1. The van der Waals surface area contributed by atoms with Gasteiger partial charge in [0.05, 0.1) is 12.1 Å². The quantitative estimate of drug-likeness (QED) is 0.908. The highest BCUT2D eigenvalue weighted by molar-refractivity contribution is 6.32. The van der Waals surface area contributed by atoms with Crippen molar-refractivity contribution in [2.75, 3.05) is 12.4 Å². The summed E-state index contributed by atoms with van der Waals surface area (Å²) in [7, 11) is 1.51. The number of benzene rings is 2. The smallest absolute Gasteiger partial charge is 0.255 e. The van der Waals surface area contributed by atoms with Crippen molar-refractivity contribution in [3.05, 3.63) is 52.5 Å². The van der Waals surface area contributed by atoms with Crippen LogP contribution in [0.15, 0.2) is 36.4 Å². The van der Waals surface area contributed by atoms with Crippen molar-refractivity contribution in [2.24, 2.45) is 0 Å². The van der Waals surface area contributed by atoms with Crippen LogP contribution in [-0.4, -0.2) is 18.1 Å². The Morgan fingerprint density at radius 1 is 1.25 bits per heavy atom. The first-order valence-electron chi connectivity index (χ1n) is 5.96. The maximum atomic E-state index is 12.1. The second-order valence-electron chi connectivity index (χ2n) is 4.30. The predicted molar refractivity (Wildman–Crippen MR) is 78.8 cm³/mol. The molecule has 1 amide bonds. The lowest BCUT2D eigenvalue weighted by Gasteiger charge is -2.09. The monoisotopic (exact) mass is 291 g/mol. The van der Waals surface area contributed by atoms with Crippen LogP contribution in [0.25, 0.3) is 0 Å². The second kappa shape index (κ2) is 5.84. The van der Waals surface area contributed by atoms with Crippen molar-refractivity contribution in [2.45, 2.75) is 6.92 Å². The summed E-state index contributed by atoms with van der Waals surface area (Å²) in [4.78, 5) is 12.1. The molecule has 0 fully saturated rings. The van der Waals surface area contributed by atoms with Crippen LogP contribution in [0.2, 0.25) is 5.02 Å². The van der Waals surface area contributed by atoms with Crippen LogP contribution in [0, 0.1) is 6.92 Å². The minimum atomic E-state index is -0.266. The fraction of sp³-hybridized carbons (Fsp3) is 0.133. The van der Waals surface area contributed by atoms with Gasteiger partial charge in [-0.05, 0) is 42.8 Å². The number of hydrogen-bond acceptors (Lipinski definition) is 3. The second-order valence-corrected chi connectivity index (χ2v) is 4.71. The third kappa shape index (κ3) is 3.03. The van der Waals surface area contributed by atoms with E-state index in [9.17, 15) is 9.90 Å². The third-order valence-electron chi connectivity index (χ3n) is 2.87. The minimum Gasteiger partial charge on any atom is -0.508 e. The Balaban J connectivity index is 2.21. The highest BCUT2D eigenvalue weighted by atomic mass is 35.5. The Labute approximate surface area is 122 Å². The fourth-order valence-electron chi connectivity index (χ4n) is 1.74. The van der Waals surface area contributed by atoms with Crippen LogP contribution in [0.1, 0.15) is 15.9 Å². The summed E-state index contributed by atoms with van der Waals surface area (Å²) in [6.07, 6.45) is 0. The Hall–Kier alpha value is -2.20. The molecule has 0 aliphatic carbocycles. The summed E-state index contributed by atoms with van der Waals surface area (Å²) in [6.45, 7) is 1.73. The van der Waals surface area contributed by atoms with Gasteiger partial charge < -0.3 is 15.2 Å². The van der Waals surface area contributed by atoms with Gasteiger partial charge in [-0.15, -0.1) is 0 Å². The maximum absolute atomic E-state index is 12.1. The van der Waals surface area contributed by atoms with Gasteiger partial charge in [0.25, 0.3) is 5.91 Å². The van der Waals surface area contributed by atoms with Gasteiger partial charge in [0.1, 0.15) is 11.5 Å². The standard InChI is InChI=1S/C15H14ClNO3/c1-9-7-10(3-6-13(9)18)15(19)17-11-4-5-12(16)14(8-11)20-2/h3-8,18H,1-2H3,(H,17,19). The number of ether oxygens (including phenoxy) is 1. The Morgan fingerprint density at radius 2 is 2.00 bits per heavy atom. The number of phenolic OH excluding ortho intramolecular Hbond substituents is 1. The number of anilines is 1. The lowest BCUT2D eigenvalue weighted by Crippen LogP contribution is -2.12. The van der Waals surface area contributed by atoms with Crippen molar-refractivity contribution >= 4 is 23.2 Å². The minimum absolute atomic E-state index is 0.162. The van der Waals surface area contributed by atoms with E-state index in [0.29, 0.717) is 27.6 Å². The molecule has 4 nitrogen and oxygen atoms in total. The fourth-order valence-corrected chi connectivity index (χ4v) is 1.93. The first-order valence-corrected chi connectivity index (χ1v) is 6.33. The molecule has 104 valence electrons. The van der Waals surface area contributed by atoms with E-state index in [4.69, 9.17) is 16.3 Å². The van der Waals surface area contributed by atoms with Crippen LogP contribution in [0.3, 0.4) is 0 Å². The summed E-state index contributed by atoms with van der Waals surface area (Å²) < 4.78 is 5.09. The predicted octanol–water partition coefficient (Wildman–Crippen LogP) is 3.61. The van der Waals surface area contributed by atoms with Crippen molar-refractivity contribution in [1.29, 1.82) is 0 Å². The van der Waals surface area contributed by atoms with E-state index in [-0.39, 0.29) is 11.7 Å². The molecular formula is C15H14ClNO3. The zero-order valence-corrected chi connectivity index (χ0v) is 11.9. The molecule has 0 saturated carbocycles. The molecule has 0 bridgehead atoms. The lowest BCUT2D eigenvalue weighted by atomic mass is 10.1. The first kappa shape index (κ1) is 14.2. The van der Waals surface area contributed by atoms with E-state index in [2.05, 4.69) is 5.32 Å². The normalized spacial score (nSPS) is 10.2. The number of nitrogens with one attached hydrogen (secondary N) is 1. The van der Waals surface area contributed by atoms with Crippen LogP contribution in [-0.2, 0) is 0 Å². The summed E-state index contributed by atoms with van der Waals surface area (Å²) >= 11 is 5.92. The van der Waals surface area contributed by atoms with E-state index in [1.54, 1.807) is 37.3 Å². The molecule has 2 aromatic carbocycles. The Morgan fingerprint density at radius 3 is 2.65 bits per heavy atom. The molecule has 2 aromatic rings. The zero-order chi connectivity index (χ0) is 14.7. The largest absolute Gasteiger partial charge is 0.508 e. The average molecular weight is 292 g/mol. The van der Waals surface area contributed by atoms with Gasteiger partial charge >= 0.3 is 0 Å². The number of carbonyl (C=O) groups excluding carboxylic acids is 1. The van der Waals surface area contributed by atoms with E-state index < -0.39 is 0 Å². The van der Waals surface area contributed by atoms with Crippen LogP contribution >= 0.6 is 11.6 Å². The van der Waals surface area contributed by atoms with Crippen LogP contribution in [0.4, 0.5) is 5.69 Å². The molecule has 20 heavy (non-hydrogen) atoms. The number of halogens is 1. The van der Waals surface area contributed by atoms with Gasteiger partial charge in [-0.1, -0.05) is 11.6 Å². The van der Waals surface area contributed by atoms with Gasteiger partial charge in [0.15, 0.2) is 0 Å². The molecule has 0 radical (unpaired) electrons. The van der Waals surface area contributed by atoms with Crippen LogP contribution in [0.5, 0.6) is 11.5 Å². The molecule has 0 aliphatic heterocycles. The molecule has 0 atom stereocenters. The summed E-state index contributed by atoms with van der Waals surface area (Å²) in [6, 6.07) is 9.66. The Bertz CT molecular complexity index is 656. The molecule has 0 heterocycles. The molecule has 0 aromatic heterocycles. The molecule has 2 rings (SSSR count). The highest BCUT2D eigenvalue weighted by Gasteiger charge is 2.09. The van der Waals surface area contributed by atoms with Crippen molar-refractivity contribution in [3.63, 3.8) is 0 Å². The molecule has 2 N–H and O–H groups in total. The van der Waals surface area contributed by atoms with Crippen molar-refractivity contribution in [1.82, 2.24) is 0 Å². The van der Waals surface area contributed by atoms with Crippen LogP contribution < -0.4 is 10.1 Å².